The van der Waals surface area contributed by atoms with Crippen LogP contribution < -0.4 is 5.32 Å². The van der Waals surface area contributed by atoms with Gasteiger partial charge < -0.3 is 10.2 Å². The summed E-state index contributed by atoms with van der Waals surface area (Å²) in [6.07, 6.45) is 2.21. The molecular weight excluding hydrogens is 278 g/mol. The van der Waals surface area contributed by atoms with Crippen LogP contribution in [-0.2, 0) is 9.59 Å². The van der Waals surface area contributed by atoms with Crippen LogP contribution in [0.1, 0.15) is 30.0 Å². The number of rotatable bonds is 3. The molecule has 1 N–H and O–H groups in total. The molecule has 0 aromatic heterocycles. The zero-order valence-corrected chi connectivity index (χ0v) is 13.0. The van der Waals surface area contributed by atoms with Gasteiger partial charge in [0.05, 0.1) is 13.1 Å². The second-order valence-corrected chi connectivity index (χ2v) is 6.21. The normalized spacial score (nSPS) is 22.7. The zero-order chi connectivity index (χ0) is 15.5. The van der Waals surface area contributed by atoms with Crippen molar-refractivity contribution in [2.45, 2.75) is 25.8 Å². The van der Waals surface area contributed by atoms with Crippen molar-refractivity contribution in [1.82, 2.24) is 15.1 Å². The molecule has 1 aromatic rings. The molecule has 2 amide bonds. The molecule has 1 aromatic carbocycles. The van der Waals surface area contributed by atoms with Crippen LogP contribution in [0.15, 0.2) is 24.3 Å². The summed E-state index contributed by atoms with van der Waals surface area (Å²) in [4.78, 5) is 27.8. The van der Waals surface area contributed by atoms with Gasteiger partial charge in [0.15, 0.2) is 0 Å². The maximum atomic E-state index is 12.4. The standard InChI is InChI=1S/C17H23N3O2/c1-13-4-2-5-14(10-13)15-6-3-8-19(15)12-17(22)20-9-7-18-16(21)11-20/h2,4-5,10,15H,3,6-9,11-12H2,1H3,(H,18,21)/t15-/m1/s1. The SMILES string of the molecule is Cc1cccc([C@H]2CCCN2CC(=O)N2CCNC(=O)C2)c1. The van der Waals surface area contributed by atoms with Gasteiger partial charge in [-0.15, -0.1) is 0 Å². The van der Waals surface area contributed by atoms with Crippen molar-refractivity contribution in [3.8, 4) is 0 Å². The van der Waals surface area contributed by atoms with Crippen LogP contribution in [0.5, 0.6) is 0 Å². The minimum Gasteiger partial charge on any atom is -0.353 e. The van der Waals surface area contributed by atoms with E-state index in [9.17, 15) is 9.59 Å². The molecule has 0 unspecified atom stereocenters. The van der Waals surface area contributed by atoms with Crippen LogP contribution in [-0.4, -0.2) is 54.3 Å². The van der Waals surface area contributed by atoms with E-state index in [0.717, 1.165) is 19.4 Å². The summed E-state index contributed by atoms with van der Waals surface area (Å²) < 4.78 is 0. The van der Waals surface area contributed by atoms with E-state index in [1.165, 1.54) is 11.1 Å². The summed E-state index contributed by atoms with van der Waals surface area (Å²) in [7, 11) is 0. The molecule has 2 heterocycles. The van der Waals surface area contributed by atoms with E-state index in [2.05, 4.69) is 41.4 Å². The van der Waals surface area contributed by atoms with Crippen LogP contribution >= 0.6 is 0 Å². The zero-order valence-electron chi connectivity index (χ0n) is 13.0. The fraction of sp³-hybridized carbons (Fsp3) is 0.529. The number of hydrogen-bond donors (Lipinski definition) is 1. The van der Waals surface area contributed by atoms with E-state index >= 15 is 0 Å². The van der Waals surface area contributed by atoms with Crippen molar-refractivity contribution in [2.24, 2.45) is 0 Å². The lowest BCUT2D eigenvalue weighted by molar-refractivity contribution is -0.139. The third kappa shape index (κ3) is 3.30. The van der Waals surface area contributed by atoms with Gasteiger partial charge in [0.2, 0.25) is 11.8 Å². The molecule has 3 rings (SSSR count). The van der Waals surface area contributed by atoms with Gasteiger partial charge in [-0.3, -0.25) is 14.5 Å². The molecule has 2 aliphatic rings. The highest BCUT2D eigenvalue weighted by Crippen LogP contribution is 2.32. The number of nitrogens with zero attached hydrogens (tertiary/aromatic N) is 2. The van der Waals surface area contributed by atoms with Crippen molar-refractivity contribution >= 4 is 11.8 Å². The van der Waals surface area contributed by atoms with E-state index in [1.54, 1.807) is 4.90 Å². The molecule has 22 heavy (non-hydrogen) atoms. The lowest BCUT2D eigenvalue weighted by atomic mass is 10.0. The van der Waals surface area contributed by atoms with E-state index < -0.39 is 0 Å². The highest BCUT2D eigenvalue weighted by Gasteiger charge is 2.30. The molecule has 2 fully saturated rings. The Morgan fingerprint density at radius 1 is 1.36 bits per heavy atom. The molecule has 0 bridgehead atoms. The topological polar surface area (TPSA) is 52.7 Å². The van der Waals surface area contributed by atoms with Gasteiger partial charge in [0, 0.05) is 19.1 Å². The first-order valence-electron chi connectivity index (χ1n) is 7.98. The highest BCUT2D eigenvalue weighted by atomic mass is 16.2. The summed E-state index contributed by atoms with van der Waals surface area (Å²) in [5.74, 6) is 0.00524. The monoisotopic (exact) mass is 301 g/mol. The number of hydrogen-bond acceptors (Lipinski definition) is 3. The number of benzene rings is 1. The predicted molar refractivity (Wildman–Crippen MR) is 84.3 cm³/mol. The Bertz CT molecular complexity index is 573. The largest absolute Gasteiger partial charge is 0.353 e. The fourth-order valence-electron chi connectivity index (χ4n) is 3.40. The van der Waals surface area contributed by atoms with Crippen molar-refractivity contribution in [3.05, 3.63) is 35.4 Å². The average molecular weight is 301 g/mol. The Hall–Kier alpha value is -1.88. The summed E-state index contributed by atoms with van der Waals surface area (Å²) in [6, 6.07) is 8.86. The van der Waals surface area contributed by atoms with Crippen LogP contribution in [0.2, 0.25) is 0 Å². The van der Waals surface area contributed by atoms with E-state index in [-0.39, 0.29) is 18.4 Å². The first-order valence-corrected chi connectivity index (χ1v) is 7.98. The molecule has 118 valence electrons. The van der Waals surface area contributed by atoms with Crippen molar-refractivity contribution in [3.63, 3.8) is 0 Å². The summed E-state index contributed by atoms with van der Waals surface area (Å²) in [5, 5.41) is 2.75. The minimum absolute atomic E-state index is 0.0590. The number of amides is 2. The number of nitrogens with one attached hydrogen (secondary N) is 1. The number of aryl methyl sites for hydroxylation is 1. The maximum Gasteiger partial charge on any atom is 0.239 e. The summed E-state index contributed by atoms with van der Waals surface area (Å²) >= 11 is 0. The van der Waals surface area contributed by atoms with Crippen LogP contribution in [0, 0.1) is 6.92 Å². The number of carbonyl (C=O) groups is 2. The highest BCUT2D eigenvalue weighted by molar-refractivity contribution is 5.86. The first-order chi connectivity index (χ1) is 10.6. The Balaban J connectivity index is 1.66. The van der Waals surface area contributed by atoms with Gasteiger partial charge in [-0.1, -0.05) is 29.8 Å². The van der Waals surface area contributed by atoms with Gasteiger partial charge in [0.25, 0.3) is 0 Å². The molecule has 0 saturated carbocycles. The third-order valence-electron chi connectivity index (χ3n) is 4.52. The Morgan fingerprint density at radius 2 is 2.23 bits per heavy atom. The van der Waals surface area contributed by atoms with Crippen molar-refractivity contribution < 1.29 is 9.59 Å². The van der Waals surface area contributed by atoms with Crippen LogP contribution in [0.25, 0.3) is 0 Å². The molecular formula is C17H23N3O2. The number of likely N-dealkylation sites (tertiary alicyclic amines) is 1. The van der Waals surface area contributed by atoms with Gasteiger partial charge in [-0.05, 0) is 31.9 Å². The smallest absolute Gasteiger partial charge is 0.239 e. The molecule has 0 spiro atoms. The van der Waals surface area contributed by atoms with Crippen LogP contribution in [0.4, 0.5) is 0 Å². The molecule has 2 aliphatic heterocycles. The lowest BCUT2D eigenvalue weighted by Gasteiger charge is -2.30. The average Bonchev–Trinajstić information content (AvgIpc) is 2.95. The van der Waals surface area contributed by atoms with Crippen LogP contribution in [0.3, 0.4) is 0 Å². The van der Waals surface area contributed by atoms with E-state index in [0.29, 0.717) is 25.7 Å². The number of piperazine rings is 1. The molecule has 1 atom stereocenters. The van der Waals surface area contributed by atoms with Gasteiger partial charge >= 0.3 is 0 Å². The second kappa shape index (κ2) is 6.48. The Morgan fingerprint density at radius 3 is 3.00 bits per heavy atom. The summed E-state index contributed by atoms with van der Waals surface area (Å²) in [5.41, 5.74) is 2.55. The third-order valence-corrected chi connectivity index (χ3v) is 4.52. The first kappa shape index (κ1) is 15.0. The fourth-order valence-corrected chi connectivity index (χ4v) is 3.40. The van der Waals surface area contributed by atoms with E-state index in [1.807, 2.05) is 0 Å². The predicted octanol–water partition coefficient (Wildman–Crippen LogP) is 1.09. The molecule has 2 saturated heterocycles. The van der Waals surface area contributed by atoms with Crippen molar-refractivity contribution in [1.29, 1.82) is 0 Å². The Labute approximate surface area is 131 Å². The van der Waals surface area contributed by atoms with Gasteiger partial charge in [0.1, 0.15) is 0 Å². The molecule has 5 heteroatoms. The molecule has 0 aliphatic carbocycles. The maximum absolute atomic E-state index is 12.4. The van der Waals surface area contributed by atoms with Crippen molar-refractivity contribution in [2.75, 3.05) is 32.7 Å². The van der Waals surface area contributed by atoms with E-state index in [4.69, 9.17) is 0 Å². The lowest BCUT2D eigenvalue weighted by Crippen LogP contribution is -2.52. The van der Waals surface area contributed by atoms with Gasteiger partial charge in [-0.2, -0.15) is 0 Å². The summed E-state index contributed by atoms with van der Waals surface area (Å²) in [6.45, 7) is 4.83. The minimum atomic E-state index is -0.0590. The molecule has 5 nitrogen and oxygen atoms in total. The number of carbonyl (C=O) groups excluding carboxylic acids is 2. The molecule has 0 radical (unpaired) electrons. The second-order valence-electron chi connectivity index (χ2n) is 6.21. The van der Waals surface area contributed by atoms with Gasteiger partial charge in [-0.25, -0.2) is 0 Å². The quantitative estimate of drug-likeness (QED) is 0.909. The Kier molecular flexibility index (Phi) is 4.43.